The lowest BCUT2D eigenvalue weighted by Gasteiger charge is -2.11. The zero-order valence-corrected chi connectivity index (χ0v) is 14.5. The number of rotatable bonds is 4. The lowest BCUT2D eigenvalue weighted by Crippen LogP contribution is -2.30. The summed E-state index contributed by atoms with van der Waals surface area (Å²) in [5.41, 5.74) is 1.39. The zero-order valence-electron chi connectivity index (χ0n) is 14.5. The van der Waals surface area contributed by atoms with Gasteiger partial charge in [0.1, 0.15) is 28.9 Å². The molecule has 7 heteroatoms. The Morgan fingerprint density at radius 3 is 2.21 bits per heavy atom. The Balaban J connectivity index is 1.52. The quantitative estimate of drug-likeness (QED) is 0.542. The Hall–Kier alpha value is -3.74. The number of imide groups is 1. The summed E-state index contributed by atoms with van der Waals surface area (Å²) in [5, 5.41) is 2.51. The fourth-order valence-electron chi connectivity index (χ4n) is 2.83. The maximum absolute atomic E-state index is 13.0. The van der Waals surface area contributed by atoms with Crippen LogP contribution in [0.5, 0.6) is 0 Å². The SMILES string of the molecule is O=C1N/C(=C/c2ccc(-c3ccc(F)cc3)o2)C(=O)N1Cc1ccc(F)cc1. The monoisotopic (exact) mass is 380 g/mol. The van der Waals surface area contributed by atoms with Crippen LogP contribution in [0, 0.1) is 11.6 Å². The van der Waals surface area contributed by atoms with E-state index in [2.05, 4.69) is 5.32 Å². The highest BCUT2D eigenvalue weighted by atomic mass is 19.1. The second kappa shape index (κ2) is 7.11. The topological polar surface area (TPSA) is 62.6 Å². The first-order valence-electron chi connectivity index (χ1n) is 8.44. The van der Waals surface area contributed by atoms with Crippen LogP contribution < -0.4 is 5.32 Å². The number of carbonyl (C=O) groups is 2. The summed E-state index contributed by atoms with van der Waals surface area (Å²) in [4.78, 5) is 25.7. The molecule has 0 saturated carbocycles. The van der Waals surface area contributed by atoms with Gasteiger partial charge in [-0.1, -0.05) is 12.1 Å². The molecule has 5 nitrogen and oxygen atoms in total. The van der Waals surface area contributed by atoms with Crippen molar-refractivity contribution in [1.82, 2.24) is 10.2 Å². The Morgan fingerprint density at radius 1 is 0.893 bits per heavy atom. The third-order valence-corrected chi connectivity index (χ3v) is 4.26. The molecule has 1 N–H and O–H groups in total. The molecule has 0 radical (unpaired) electrons. The first kappa shape index (κ1) is 17.7. The fourth-order valence-corrected chi connectivity index (χ4v) is 2.83. The summed E-state index contributed by atoms with van der Waals surface area (Å²) in [6.45, 7) is 0.0290. The van der Waals surface area contributed by atoms with Crippen LogP contribution in [0.4, 0.5) is 13.6 Å². The number of halogens is 2. The molecule has 1 aromatic heterocycles. The van der Waals surface area contributed by atoms with Crippen molar-refractivity contribution in [3.05, 3.63) is 89.3 Å². The minimum absolute atomic E-state index is 0.0290. The molecular weight excluding hydrogens is 366 g/mol. The molecule has 140 valence electrons. The summed E-state index contributed by atoms with van der Waals surface area (Å²) in [5.74, 6) is -0.373. The summed E-state index contributed by atoms with van der Waals surface area (Å²) < 4.78 is 31.7. The molecule has 3 amide bonds. The van der Waals surface area contributed by atoms with Crippen LogP contribution in [0.3, 0.4) is 0 Å². The van der Waals surface area contributed by atoms with Gasteiger partial charge in [-0.2, -0.15) is 0 Å². The van der Waals surface area contributed by atoms with Gasteiger partial charge in [0.25, 0.3) is 5.91 Å². The van der Waals surface area contributed by atoms with E-state index in [9.17, 15) is 18.4 Å². The number of benzene rings is 2. The summed E-state index contributed by atoms with van der Waals surface area (Å²) in [6, 6.07) is 14.1. The number of carbonyl (C=O) groups excluding carboxylic acids is 2. The van der Waals surface area contributed by atoms with Gasteiger partial charge in [-0.15, -0.1) is 0 Å². The van der Waals surface area contributed by atoms with E-state index >= 15 is 0 Å². The Bertz CT molecular complexity index is 1070. The van der Waals surface area contributed by atoms with Gasteiger partial charge in [0, 0.05) is 11.6 Å². The van der Waals surface area contributed by atoms with Crippen molar-refractivity contribution < 1.29 is 22.8 Å². The molecular formula is C21H14F2N2O3. The van der Waals surface area contributed by atoms with Crippen molar-refractivity contribution in [1.29, 1.82) is 0 Å². The molecule has 0 aliphatic carbocycles. The second-order valence-electron chi connectivity index (χ2n) is 6.21. The van der Waals surface area contributed by atoms with Crippen LogP contribution in [-0.2, 0) is 11.3 Å². The minimum atomic E-state index is -0.564. The Kier molecular flexibility index (Phi) is 4.49. The van der Waals surface area contributed by atoms with Crippen molar-refractivity contribution in [3.8, 4) is 11.3 Å². The number of nitrogens with one attached hydrogen (secondary N) is 1. The second-order valence-corrected chi connectivity index (χ2v) is 6.21. The molecule has 1 aliphatic rings. The normalized spacial score (nSPS) is 15.4. The van der Waals surface area contributed by atoms with Gasteiger partial charge in [0.05, 0.1) is 6.54 Å². The highest BCUT2D eigenvalue weighted by Crippen LogP contribution is 2.24. The number of urea groups is 1. The van der Waals surface area contributed by atoms with E-state index in [0.717, 1.165) is 4.90 Å². The van der Waals surface area contributed by atoms with Crippen LogP contribution in [0.2, 0.25) is 0 Å². The van der Waals surface area contributed by atoms with Crippen LogP contribution in [0.1, 0.15) is 11.3 Å². The predicted octanol–water partition coefficient (Wildman–Crippen LogP) is 4.32. The first-order chi connectivity index (χ1) is 13.5. The van der Waals surface area contributed by atoms with Gasteiger partial charge in [-0.25, -0.2) is 13.6 Å². The van der Waals surface area contributed by atoms with E-state index < -0.39 is 17.8 Å². The minimum Gasteiger partial charge on any atom is -0.457 e. The van der Waals surface area contributed by atoms with Gasteiger partial charge in [0.15, 0.2) is 0 Å². The zero-order chi connectivity index (χ0) is 19.7. The predicted molar refractivity (Wildman–Crippen MR) is 97.6 cm³/mol. The maximum Gasteiger partial charge on any atom is 0.329 e. The highest BCUT2D eigenvalue weighted by Gasteiger charge is 2.33. The molecule has 3 aromatic rings. The molecule has 1 aliphatic heterocycles. The summed E-state index contributed by atoms with van der Waals surface area (Å²) in [7, 11) is 0. The first-order valence-corrected chi connectivity index (χ1v) is 8.44. The van der Waals surface area contributed by atoms with Crippen LogP contribution in [0.15, 0.2) is 70.8 Å². The van der Waals surface area contributed by atoms with Crippen LogP contribution in [0.25, 0.3) is 17.4 Å². The number of furan rings is 1. The third kappa shape index (κ3) is 3.55. The highest BCUT2D eigenvalue weighted by molar-refractivity contribution is 6.13. The molecule has 2 heterocycles. The van der Waals surface area contributed by atoms with E-state index in [1.165, 1.54) is 42.5 Å². The Labute approximate surface area is 158 Å². The third-order valence-electron chi connectivity index (χ3n) is 4.26. The molecule has 1 saturated heterocycles. The van der Waals surface area contributed by atoms with Crippen LogP contribution in [-0.4, -0.2) is 16.8 Å². The molecule has 1 fully saturated rings. The largest absolute Gasteiger partial charge is 0.457 e. The Morgan fingerprint density at radius 2 is 1.54 bits per heavy atom. The van der Waals surface area contributed by atoms with E-state index in [1.54, 1.807) is 24.3 Å². The fraction of sp³-hybridized carbons (Fsp3) is 0.0476. The van der Waals surface area contributed by atoms with Gasteiger partial charge in [-0.05, 0) is 54.1 Å². The van der Waals surface area contributed by atoms with E-state index in [4.69, 9.17) is 4.42 Å². The number of nitrogens with zero attached hydrogens (tertiary/aromatic N) is 1. The van der Waals surface area contributed by atoms with Crippen molar-refractivity contribution in [3.63, 3.8) is 0 Å². The molecule has 0 bridgehead atoms. The van der Waals surface area contributed by atoms with E-state index in [1.807, 2.05) is 0 Å². The summed E-state index contributed by atoms with van der Waals surface area (Å²) >= 11 is 0. The molecule has 4 rings (SSSR count). The van der Waals surface area contributed by atoms with Gasteiger partial charge < -0.3 is 9.73 Å². The van der Waals surface area contributed by atoms with Crippen molar-refractivity contribution >= 4 is 18.0 Å². The van der Waals surface area contributed by atoms with Gasteiger partial charge in [0.2, 0.25) is 0 Å². The number of hydrogen-bond donors (Lipinski definition) is 1. The lowest BCUT2D eigenvalue weighted by atomic mass is 10.2. The average molecular weight is 380 g/mol. The van der Waals surface area contributed by atoms with Crippen molar-refractivity contribution in [2.45, 2.75) is 6.54 Å². The molecule has 28 heavy (non-hydrogen) atoms. The smallest absolute Gasteiger partial charge is 0.329 e. The average Bonchev–Trinajstić information content (AvgIpc) is 3.24. The van der Waals surface area contributed by atoms with E-state index in [0.29, 0.717) is 22.6 Å². The maximum atomic E-state index is 13.0. The molecule has 0 atom stereocenters. The van der Waals surface area contributed by atoms with Crippen molar-refractivity contribution in [2.24, 2.45) is 0 Å². The summed E-state index contributed by atoms with van der Waals surface area (Å²) in [6.07, 6.45) is 1.43. The van der Waals surface area contributed by atoms with Crippen LogP contribution >= 0.6 is 0 Å². The molecule has 0 unspecified atom stereocenters. The van der Waals surface area contributed by atoms with Gasteiger partial charge >= 0.3 is 6.03 Å². The lowest BCUT2D eigenvalue weighted by molar-refractivity contribution is -0.123. The number of hydrogen-bond acceptors (Lipinski definition) is 3. The molecule has 0 spiro atoms. The molecule has 2 aromatic carbocycles. The van der Waals surface area contributed by atoms with Crippen molar-refractivity contribution in [2.75, 3.05) is 0 Å². The van der Waals surface area contributed by atoms with E-state index in [-0.39, 0.29) is 18.1 Å². The number of amides is 3. The van der Waals surface area contributed by atoms with Gasteiger partial charge in [-0.3, -0.25) is 9.69 Å². The standard InChI is InChI=1S/C21H14F2N2O3/c22-15-5-1-13(2-6-15)12-25-20(26)18(24-21(25)27)11-17-9-10-19(28-17)14-3-7-16(23)8-4-14/h1-11H,12H2,(H,24,27)/b18-11+.